The summed E-state index contributed by atoms with van der Waals surface area (Å²) in [5, 5.41) is 5.37. The largest absolute Gasteiger partial charge is 0.339 e. The Morgan fingerprint density at radius 3 is 2.34 bits per heavy atom. The molecule has 1 aliphatic heterocycles. The fourth-order valence-electron chi connectivity index (χ4n) is 3.24. The monoisotopic (exact) mass is 398 g/mol. The van der Waals surface area contributed by atoms with Crippen molar-refractivity contribution in [2.75, 3.05) is 32.7 Å². The number of hydrogen-bond acceptors (Lipinski definition) is 3. The summed E-state index contributed by atoms with van der Waals surface area (Å²) < 4.78 is 13.8. The molecular weight excluding hydrogens is 371 g/mol. The van der Waals surface area contributed by atoms with Gasteiger partial charge in [0.15, 0.2) is 0 Å². The Kier molecular flexibility index (Phi) is 7.19. The van der Waals surface area contributed by atoms with Crippen LogP contribution < -0.4 is 10.6 Å². The lowest BCUT2D eigenvalue weighted by Crippen LogP contribution is -2.51. The van der Waals surface area contributed by atoms with Gasteiger partial charge in [-0.2, -0.15) is 0 Å². The second kappa shape index (κ2) is 10.0. The van der Waals surface area contributed by atoms with E-state index in [1.54, 1.807) is 17.0 Å². The normalized spacial score (nSPS) is 14.5. The molecule has 0 bridgehead atoms. The molecule has 2 aromatic rings. The molecule has 29 heavy (non-hydrogen) atoms. The highest BCUT2D eigenvalue weighted by atomic mass is 19.1. The van der Waals surface area contributed by atoms with Crippen LogP contribution in [0.25, 0.3) is 0 Å². The van der Waals surface area contributed by atoms with E-state index >= 15 is 0 Å². The lowest BCUT2D eigenvalue weighted by molar-refractivity contribution is -0.131. The highest BCUT2D eigenvalue weighted by Crippen LogP contribution is 2.12. The van der Waals surface area contributed by atoms with E-state index < -0.39 is 0 Å². The first kappa shape index (κ1) is 20.8. The minimum absolute atomic E-state index is 0.0347. The lowest BCUT2D eigenvalue weighted by atomic mass is 10.1. The van der Waals surface area contributed by atoms with Gasteiger partial charge in [0.2, 0.25) is 5.91 Å². The number of nitrogens with zero attached hydrogens (tertiary/aromatic N) is 2. The number of carbonyl (C=O) groups is 2. The van der Waals surface area contributed by atoms with Crippen LogP contribution in [0.4, 0.5) is 9.18 Å². The second-order valence-corrected chi connectivity index (χ2v) is 7.27. The summed E-state index contributed by atoms with van der Waals surface area (Å²) in [6.45, 7) is 5.42. The van der Waals surface area contributed by atoms with Gasteiger partial charge in [-0.15, -0.1) is 0 Å². The predicted molar refractivity (Wildman–Crippen MR) is 110 cm³/mol. The van der Waals surface area contributed by atoms with Crippen molar-refractivity contribution >= 4 is 11.9 Å². The summed E-state index contributed by atoms with van der Waals surface area (Å²) in [6.07, 6.45) is 0. The van der Waals surface area contributed by atoms with Gasteiger partial charge in [-0.3, -0.25) is 9.69 Å². The first-order chi connectivity index (χ1) is 14.0. The number of rotatable bonds is 6. The summed E-state index contributed by atoms with van der Waals surface area (Å²) in [4.78, 5) is 28.1. The van der Waals surface area contributed by atoms with Crippen molar-refractivity contribution in [3.63, 3.8) is 0 Å². The maximum Gasteiger partial charge on any atom is 0.315 e. The van der Waals surface area contributed by atoms with Crippen molar-refractivity contribution in [1.82, 2.24) is 20.4 Å². The average Bonchev–Trinajstić information content (AvgIpc) is 2.74. The number of benzene rings is 2. The van der Waals surface area contributed by atoms with Crippen LogP contribution in [0.15, 0.2) is 48.5 Å². The molecular formula is C22H27FN4O2. The number of carbonyl (C=O) groups excluding carboxylic acids is 2. The first-order valence-corrected chi connectivity index (χ1v) is 9.82. The van der Waals surface area contributed by atoms with Crippen LogP contribution in [-0.2, 0) is 17.9 Å². The van der Waals surface area contributed by atoms with E-state index in [1.165, 1.54) is 6.07 Å². The van der Waals surface area contributed by atoms with E-state index in [-0.39, 0.29) is 24.3 Å². The van der Waals surface area contributed by atoms with E-state index in [0.29, 0.717) is 44.8 Å². The molecule has 7 heteroatoms. The van der Waals surface area contributed by atoms with Crippen molar-refractivity contribution in [2.24, 2.45) is 0 Å². The Hall–Kier alpha value is -2.93. The zero-order chi connectivity index (χ0) is 20.6. The zero-order valence-corrected chi connectivity index (χ0v) is 16.7. The van der Waals surface area contributed by atoms with Gasteiger partial charge in [0.1, 0.15) is 5.82 Å². The lowest BCUT2D eigenvalue weighted by Gasteiger charge is -2.34. The van der Waals surface area contributed by atoms with E-state index in [4.69, 9.17) is 0 Å². The number of halogens is 1. The number of amides is 3. The molecule has 0 aromatic heterocycles. The summed E-state index contributed by atoms with van der Waals surface area (Å²) in [5.74, 6) is -0.312. The molecule has 0 saturated carbocycles. The summed E-state index contributed by atoms with van der Waals surface area (Å²) >= 11 is 0. The van der Waals surface area contributed by atoms with Crippen molar-refractivity contribution < 1.29 is 14.0 Å². The molecule has 1 heterocycles. The van der Waals surface area contributed by atoms with E-state index in [0.717, 1.165) is 11.1 Å². The molecule has 154 valence electrons. The Labute approximate surface area is 170 Å². The molecule has 2 N–H and O–H groups in total. The van der Waals surface area contributed by atoms with Gasteiger partial charge in [0.25, 0.3) is 0 Å². The fourth-order valence-corrected chi connectivity index (χ4v) is 3.24. The topological polar surface area (TPSA) is 64.7 Å². The number of urea groups is 1. The fraction of sp³-hybridized carbons (Fsp3) is 0.364. The third-order valence-electron chi connectivity index (χ3n) is 5.05. The molecule has 1 saturated heterocycles. The average molecular weight is 398 g/mol. The maximum atomic E-state index is 13.8. The smallest absolute Gasteiger partial charge is 0.315 e. The molecule has 3 amide bonds. The van der Waals surface area contributed by atoms with Gasteiger partial charge in [0.05, 0.1) is 6.54 Å². The van der Waals surface area contributed by atoms with E-state index in [2.05, 4.69) is 15.5 Å². The maximum absolute atomic E-state index is 13.8. The highest BCUT2D eigenvalue weighted by molar-refractivity contribution is 5.84. The molecule has 0 atom stereocenters. The standard InChI is InChI=1S/C22H27FN4O2/c1-17-6-8-18(9-7-17)14-24-22(29)25-15-21(28)27-12-10-26(11-13-27)16-19-4-2-3-5-20(19)23/h2-9H,10-16H2,1H3,(H2,24,25,29). The Bertz CT molecular complexity index is 833. The summed E-state index contributed by atoms with van der Waals surface area (Å²) in [7, 11) is 0. The Morgan fingerprint density at radius 1 is 0.966 bits per heavy atom. The molecule has 0 spiro atoms. The number of nitrogens with one attached hydrogen (secondary N) is 2. The minimum atomic E-state index is -0.364. The van der Waals surface area contributed by atoms with Crippen LogP contribution in [-0.4, -0.2) is 54.5 Å². The molecule has 3 rings (SSSR count). The number of piperazine rings is 1. The molecule has 0 radical (unpaired) electrons. The Balaban J connectivity index is 1.35. The van der Waals surface area contributed by atoms with Gasteiger partial charge >= 0.3 is 6.03 Å². The van der Waals surface area contributed by atoms with Crippen LogP contribution in [0.1, 0.15) is 16.7 Å². The van der Waals surface area contributed by atoms with Gasteiger partial charge in [-0.1, -0.05) is 48.0 Å². The molecule has 1 aliphatic rings. The van der Waals surface area contributed by atoms with E-state index in [9.17, 15) is 14.0 Å². The third kappa shape index (κ3) is 6.29. The molecule has 0 aliphatic carbocycles. The van der Waals surface area contributed by atoms with Crippen LogP contribution in [0.3, 0.4) is 0 Å². The van der Waals surface area contributed by atoms with Crippen molar-refractivity contribution in [1.29, 1.82) is 0 Å². The van der Waals surface area contributed by atoms with Crippen molar-refractivity contribution in [3.05, 3.63) is 71.0 Å². The van der Waals surface area contributed by atoms with Crippen LogP contribution >= 0.6 is 0 Å². The molecule has 0 unspecified atom stereocenters. The molecule has 2 aromatic carbocycles. The molecule has 1 fully saturated rings. The van der Waals surface area contributed by atoms with Crippen LogP contribution in [0.2, 0.25) is 0 Å². The second-order valence-electron chi connectivity index (χ2n) is 7.27. The predicted octanol–water partition coefficient (Wildman–Crippen LogP) is 2.28. The van der Waals surface area contributed by atoms with Gasteiger partial charge < -0.3 is 15.5 Å². The first-order valence-electron chi connectivity index (χ1n) is 9.82. The van der Waals surface area contributed by atoms with Crippen molar-refractivity contribution in [3.8, 4) is 0 Å². The van der Waals surface area contributed by atoms with E-state index in [1.807, 2.05) is 37.3 Å². The Morgan fingerprint density at radius 2 is 1.66 bits per heavy atom. The highest BCUT2D eigenvalue weighted by Gasteiger charge is 2.21. The summed E-state index contributed by atoms with van der Waals surface area (Å²) in [6, 6.07) is 14.3. The SMILES string of the molecule is Cc1ccc(CNC(=O)NCC(=O)N2CCN(Cc3ccccc3F)CC2)cc1. The third-order valence-corrected chi connectivity index (χ3v) is 5.05. The molecule has 6 nitrogen and oxygen atoms in total. The van der Waals surface area contributed by atoms with Gasteiger partial charge in [-0.25, -0.2) is 9.18 Å². The van der Waals surface area contributed by atoms with Crippen molar-refractivity contribution in [2.45, 2.75) is 20.0 Å². The quantitative estimate of drug-likeness (QED) is 0.785. The van der Waals surface area contributed by atoms with Gasteiger partial charge in [-0.05, 0) is 18.6 Å². The summed E-state index contributed by atoms with van der Waals surface area (Å²) in [5.41, 5.74) is 2.83. The number of aryl methyl sites for hydroxylation is 1. The number of hydrogen-bond donors (Lipinski definition) is 2. The van der Waals surface area contributed by atoms with Gasteiger partial charge in [0, 0.05) is 44.8 Å². The minimum Gasteiger partial charge on any atom is -0.339 e. The van der Waals surface area contributed by atoms with Crippen LogP contribution in [0, 0.1) is 12.7 Å². The zero-order valence-electron chi connectivity index (χ0n) is 16.7. The van der Waals surface area contributed by atoms with Crippen LogP contribution in [0.5, 0.6) is 0 Å².